The molecule has 1 aromatic heterocycles. The minimum absolute atomic E-state index is 0.0663. The molecule has 8 nitrogen and oxygen atoms in total. The van der Waals surface area contributed by atoms with Gasteiger partial charge in [-0.05, 0) is 45.4 Å². The lowest BCUT2D eigenvalue weighted by Gasteiger charge is -2.24. The van der Waals surface area contributed by atoms with Crippen LogP contribution in [0.4, 0.5) is 16.2 Å². The molecule has 0 spiro atoms. The molecule has 2 aromatic rings. The van der Waals surface area contributed by atoms with Crippen LogP contribution in [0.25, 0.3) is 0 Å². The van der Waals surface area contributed by atoms with Gasteiger partial charge in [0.1, 0.15) is 11.9 Å². The number of carbonyl (C=O) groups is 1. The van der Waals surface area contributed by atoms with Crippen molar-refractivity contribution < 1.29 is 18.7 Å². The zero-order valence-electron chi connectivity index (χ0n) is 21.0. The van der Waals surface area contributed by atoms with Crippen LogP contribution in [-0.2, 0) is 9.53 Å². The minimum atomic E-state index is -0.444. The van der Waals surface area contributed by atoms with Gasteiger partial charge in [0.05, 0.1) is 31.0 Å². The Morgan fingerprint density at radius 1 is 1.32 bits per heavy atom. The third-order valence-corrected chi connectivity index (χ3v) is 5.56. The Balaban J connectivity index is 1.58. The first-order valence-electron chi connectivity index (χ1n) is 11.7. The molecule has 0 radical (unpaired) electrons. The minimum Gasteiger partial charge on any atom is -0.489 e. The van der Waals surface area contributed by atoms with E-state index >= 15 is 0 Å². The summed E-state index contributed by atoms with van der Waals surface area (Å²) in [7, 11) is 1.87. The van der Waals surface area contributed by atoms with Gasteiger partial charge in [0, 0.05) is 33.5 Å². The number of likely N-dealkylation sites (N-methyl/N-ethyl adjacent to an activating group) is 1. The van der Waals surface area contributed by atoms with Gasteiger partial charge >= 0.3 is 0 Å². The zero-order valence-corrected chi connectivity index (χ0v) is 21.0. The molecule has 2 atom stereocenters. The van der Waals surface area contributed by atoms with Crippen molar-refractivity contribution in [1.82, 2.24) is 15.3 Å². The Kier molecular flexibility index (Phi) is 8.30. The van der Waals surface area contributed by atoms with Crippen molar-refractivity contribution in [2.75, 3.05) is 43.1 Å². The molecule has 0 unspecified atom stereocenters. The normalized spacial score (nSPS) is 16.9. The van der Waals surface area contributed by atoms with E-state index in [9.17, 15) is 9.18 Å². The van der Waals surface area contributed by atoms with Gasteiger partial charge in [-0.3, -0.25) is 4.79 Å². The number of amides is 1. The molecule has 0 saturated carbocycles. The van der Waals surface area contributed by atoms with Crippen LogP contribution in [0.5, 0.6) is 5.75 Å². The van der Waals surface area contributed by atoms with Gasteiger partial charge in [0.2, 0.25) is 11.9 Å². The second-order valence-corrected chi connectivity index (χ2v) is 9.69. The first-order chi connectivity index (χ1) is 16.0. The van der Waals surface area contributed by atoms with E-state index in [0.29, 0.717) is 38.0 Å². The molecule has 1 fully saturated rings. The maximum absolute atomic E-state index is 14.6. The highest BCUT2D eigenvalue weighted by atomic mass is 19.1. The Morgan fingerprint density at radius 3 is 2.68 bits per heavy atom. The number of anilines is 2. The summed E-state index contributed by atoms with van der Waals surface area (Å²) in [6.45, 7) is 11.8. The second kappa shape index (κ2) is 11.0. The number of nitrogens with one attached hydrogen (secondary N) is 1. The molecule has 34 heavy (non-hydrogen) atoms. The van der Waals surface area contributed by atoms with Crippen molar-refractivity contribution in [2.45, 2.75) is 58.8 Å². The highest BCUT2D eigenvalue weighted by Gasteiger charge is 2.28. The van der Waals surface area contributed by atoms with E-state index in [1.54, 1.807) is 0 Å². The molecular weight excluding hydrogens is 437 g/mol. The predicted octanol–water partition coefficient (Wildman–Crippen LogP) is 3.72. The van der Waals surface area contributed by atoms with Crippen molar-refractivity contribution in [3.63, 3.8) is 0 Å². The molecule has 1 aliphatic heterocycles. The van der Waals surface area contributed by atoms with Gasteiger partial charge in [-0.15, -0.1) is 0 Å². The number of halogens is 1. The first kappa shape index (κ1) is 25.7. The number of rotatable bonds is 9. The summed E-state index contributed by atoms with van der Waals surface area (Å²) < 4.78 is 26.5. The topological polar surface area (TPSA) is 79.8 Å². The summed E-state index contributed by atoms with van der Waals surface area (Å²) in [6.07, 6.45) is 1.91. The highest BCUT2D eigenvalue weighted by molar-refractivity contribution is 5.73. The quantitative estimate of drug-likeness (QED) is 0.595. The molecule has 2 heterocycles. The van der Waals surface area contributed by atoms with Gasteiger partial charge in [-0.1, -0.05) is 12.1 Å². The first-order valence-corrected chi connectivity index (χ1v) is 11.7. The summed E-state index contributed by atoms with van der Waals surface area (Å²) in [5.74, 6) is 0.984. The molecule has 1 aromatic carbocycles. The van der Waals surface area contributed by atoms with E-state index in [1.807, 2.05) is 68.8 Å². The molecule has 1 saturated heterocycles. The number of hydrogen-bond donors (Lipinski definition) is 1. The number of ether oxygens (including phenoxy) is 2. The van der Waals surface area contributed by atoms with Crippen LogP contribution in [0.3, 0.4) is 0 Å². The van der Waals surface area contributed by atoms with Crippen molar-refractivity contribution in [1.29, 1.82) is 0 Å². The standard InChI is InChI=1S/C25H36FN5O3/c1-17(28-18(2)32)19-7-9-20(10-8-19)34-21-11-12-31(16-21)23-22(26)15-27-24(29-23)30(6)13-14-33-25(3,4)5/h7-10,15,17,21H,11-14,16H2,1-6H3,(H,28,32)/t17-,21+/m0/s1. The average molecular weight is 474 g/mol. The molecule has 0 aliphatic carbocycles. The summed E-state index contributed by atoms with van der Waals surface area (Å²) >= 11 is 0. The molecular formula is C25H36FN5O3. The number of nitrogens with zero attached hydrogens (tertiary/aromatic N) is 4. The van der Waals surface area contributed by atoms with Crippen LogP contribution in [-0.4, -0.2) is 60.9 Å². The van der Waals surface area contributed by atoms with Gasteiger partial charge in [-0.2, -0.15) is 4.98 Å². The van der Waals surface area contributed by atoms with E-state index in [0.717, 1.165) is 17.7 Å². The van der Waals surface area contributed by atoms with Gasteiger partial charge < -0.3 is 24.6 Å². The van der Waals surface area contributed by atoms with E-state index in [-0.39, 0.29) is 23.7 Å². The number of hydrogen-bond acceptors (Lipinski definition) is 7. The predicted molar refractivity (Wildman–Crippen MR) is 131 cm³/mol. The monoisotopic (exact) mass is 473 g/mol. The van der Waals surface area contributed by atoms with Crippen LogP contribution in [0, 0.1) is 5.82 Å². The average Bonchev–Trinajstić information content (AvgIpc) is 3.21. The molecule has 1 amide bonds. The maximum Gasteiger partial charge on any atom is 0.227 e. The fourth-order valence-electron chi connectivity index (χ4n) is 3.78. The number of carbonyl (C=O) groups excluding carboxylic acids is 1. The fraction of sp³-hybridized carbons (Fsp3) is 0.560. The number of benzene rings is 1. The smallest absolute Gasteiger partial charge is 0.227 e. The summed E-state index contributed by atoms with van der Waals surface area (Å²) in [5.41, 5.74) is 0.785. The Bertz CT molecular complexity index is 964. The molecule has 1 aliphatic rings. The Morgan fingerprint density at radius 2 is 2.03 bits per heavy atom. The molecule has 1 N–H and O–H groups in total. The Hall–Kier alpha value is -2.94. The van der Waals surface area contributed by atoms with E-state index < -0.39 is 5.82 Å². The van der Waals surface area contributed by atoms with Gasteiger partial charge in [-0.25, -0.2) is 9.37 Å². The van der Waals surface area contributed by atoms with Crippen molar-refractivity contribution >= 4 is 17.7 Å². The maximum atomic E-state index is 14.6. The largest absolute Gasteiger partial charge is 0.489 e. The van der Waals surface area contributed by atoms with Crippen LogP contribution < -0.4 is 19.9 Å². The van der Waals surface area contributed by atoms with E-state index in [1.165, 1.54) is 13.1 Å². The molecule has 9 heteroatoms. The fourth-order valence-corrected chi connectivity index (χ4v) is 3.78. The summed E-state index contributed by atoms with van der Waals surface area (Å²) in [6, 6.07) is 7.61. The van der Waals surface area contributed by atoms with Crippen LogP contribution in [0.15, 0.2) is 30.5 Å². The van der Waals surface area contributed by atoms with E-state index in [4.69, 9.17) is 9.47 Å². The van der Waals surface area contributed by atoms with Gasteiger partial charge in [0.25, 0.3) is 0 Å². The summed E-state index contributed by atoms with van der Waals surface area (Å²) in [5, 5.41) is 2.87. The SMILES string of the molecule is CC(=O)N[C@@H](C)c1ccc(O[C@@H]2CCN(c3nc(N(C)CCOC(C)(C)C)ncc3F)C2)cc1. The van der Waals surface area contributed by atoms with Gasteiger partial charge in [0.15, 0.2) is 11.6 Å². The van der Waals surface area contributed by atoms with Crippen molar-refractivity contribution in [3.05, 3.63) is 41.8 Å². The lowest BCUT2D eigenvalue weighted by atomic mass is 10.1. The van der Waals surface area contributed by atoms with Crippen LogP contribution in [0.1, 0.15) is 52.6 Å². The van der Waals surface area contributed by atoms with Crippen molar-refractivity contribution in [2.24, 2.45) is 0 Å². The third-order valence-electron chi connectivity index (χ3n) is 5.56. The molecule has 0 bridgehead atoms. The van der Waals surface area contributed by atoms with Crippen LogP contribution >= 0.6 is 0 Å². The summed E-state index contributed by atoms with van der Waals surface area (Å²) in [4.78, 5) is 23.7. The highest BCUT2D eigenvalue weighted by Crippen LogP contribution is 2.26. The Labute approximate surface area is 201 Å². The lowest BCUT2D eigenvalue weighted by molar-refractivity contribution is -0.119. The second-order valence-electron chi connectivity index (χ2n) is 9.69. The lowest BCUT2D eigenvalue weighted by Crippen LogP contribution is -2.30. The molecule has 3 rings (SSSR count). The van der Waals surface area contributed by atoms with Crippen LogP contribution in [0.2, 0.25) is 0 Å². The van der Waals surface area contributed by atoms with Crippen molar-refractivity contribution in [3.8, 4) is 5.75 Å². The molecule has 186 valence electrons. The third kappa shape index (κ3) is 7.28. The number of aromatic nitrogens is 2. The zero-order chi connectivity index (χ0) is 24.9. The van der Waals surface area contributed by atoms with E-state index in [2.05, 4.69) is 15.3 Å².